The number of anilines is 1. The summed E-state index contributed by atoms with van der Waals surface area (Å²) < 4.78 is 11.5. The highest BCUT2D eigenvalue weighted by Gasteiger charge is 2.09. The minimum Gasteiger partial charge on any atom is -0.497 e. The molecule has 0 saturated carbocycles. The fourth-order valence-corrected chi connectivity index (χ4v) is 1.32. The van der Waals surface area contributed by atoms with Crippen molar-refractivity contribution in [2.75, 3.05) is 20.0 Å². The third kappa shape index (κ3) is 1.77. The van der Waals surface area contributed by atoms with Gasteiger partial charge in [0.1, 0.15) is 5.75 Å². The zero-order chi connectivity index (χ0) is 11.5. The Bertz CT molecular complexity index is 495. The summed E-state index contributed by atoms with van der Waals surface area (Å²) in [6, 6.07) is 7.59. The fourth-order valence-electron chi connectivity index (χ4n) is 1.32. The van der Waals surface area contributed by atoms with Crippen molar-refractivity contribution < 1.29 is 9.47 Å². The van der Waals surface area contributed by atoms with E-state index >= 15 is 0 Å². The molecular formula is C10H12N4O2. The van der Waals surface area contributed by atoms with Crippen molar-refractivity contribution in [2.24, 2.45) is 0 Å². The summed E-state index contributed by atoms with van der Waals surface area (Å²) in [5.41, 5.74) is 6.48. The zero-order valence-electron chi connectivity index (χ0n) is 9.04. The second-order valence-corrected chi connectivity index (χ2v) is 3.07. The van der Waals surface area contributed by atoms with Crippen LogP contribution < -0.4 is 15.2 Å². The zero-order valence-corrected chi connectivity index (χ0v) is 9.04. The van der Waals surface area contributed by atoms with Gasteiger partial charge < -0.3 is 15.2 Å². The molecule has 84 valence electrons. The first kappa shape index (κ1) is 10.3. The van der Waals surface area contributed by atoms with E-state index in [0.717, 1.165) is 11.4 Å². The average Bonchev–Trinajstić information content (AvgIpc) is 2.71. The first-order chi connectivity index (χ1) is 7.74. The Labute approximate surface area is 92.6 Å². The van der Waals surface area contributed by atoms with Gasteiger partial charge in [0.2, 0.25) is 5.95 Å². The van der Waals surface area contributed by atoms with E-state index in [0.29, 0.717) is 0 Å². The second kappa shape index (κ2) is 4.09. The van der Waals surface area contributed by atoms with Crippen molar-refractivity contribution in [3.8, 4) is 17.4 Å². The Hall–Kier alpha value is -2.24. The van der Waals surface area contributed by atoms with Crippen molar-refractivity contribution in [3.63, 3.8) is 0 Å². The van der Waals surface area contributed by atoms with Gasteiger partial charge in [0.25, 0.3) is 0 Å². The molecule has 0 radical (unpaired) electrons. The topological polar surface area (TPSA) is 75.2 Å². The lowest BCUT2D eigenvalue weighted by atomic mass is 10.3. The first-order valence-corrected chi connectivity index (χ1v) is 4.65. The minimum absolute atomic E-state index is 0.236. The van der Waals surface area contributed by atoms with E-state index in [4.69, 9.17) is 15.2 Å². The molecule has 0 saturated heterocycles. The van der Waals surface area contributed by atoms with Gasteiger partial charge in [0.05, 0.1) is 19.9 Å². The summed E-state index contributed by atoms with van der Waals surface area (Å²) >= 11 is 0. The van der Waals surface area contributed by atoms with Crippen molar-refractivity contribution in [3.05, 3.63) is 24.3 Å². The van der Waals surface area contributed by atoms with Crippen LogP contribution in [0, 0.1) is 0 Å². The van der Waals surface area contributed by atoms with E-state index in [1.54, 1.807) is 7.11 Å². The number of aromatic nitrogens is 3. The number of rotatable bonds is 3. The molecule has 2 N–H and O–H groups in total. The summed E-state index contributed by atoms with van der Waals surface area (Å²) in [6.07, 6.45) is 0. The van der Waals surface area contributed by atoms with Crippen LogP contribution in [0.15, 0.2) is 24.3 Å². The van der Waals surface area contributed by atoms with E-state index in [1.165, 1.54) is 11.8 Å². The molecule has 0 spiro atoms. The van der Waals surface area contributed by atoms with Crippen molar-refractivity contribution in [1.29, 1.82) is 0 Å². The SMILES string of the molecule is COc1cccc(-n2nc(OC)nc2N)c1. The first-order valence-electron chi connectivity index (χ1n) is 4.65. The molecule has 1 heterocycles. The summed E-state index contributed by atoms with van der Waals surface area (Å²) in [5.74, 6) is 0.997. The monoisotopic (exact) mass is 220 g/mol. The largest absolute Gasteiger partial charge is 0.497 e. The molecule has 0 fully saturated rings. The molecule has 0 aliphatic rings. The Balaban J connectivity index is 2.45. The highest BCUT2D eigenvalue weighted by Crippen LogP contribution is 2.19. The van der Waals surface area contributed by atoms with Gasteiger partial charge in [0, 0.05) is 6.07 Å². The van der Waals surface area contributed by atoms with Crippen LogP contribution in [0.1, 0.15) is 0 Å². The predicted molar refractivity (Wildman–Crippen MR) is 58.9 cm³/mol. The minimum atomic E-state index is 0.236. The maximum atomic E-state index is 5.71. The van der Waals surface area contributed by atoms with Crippen LogP contribution in [0.25, 0.3) is 5.69 Å². The highest BCUT2D eigenvalue weighted by molar-refractivity contribution is 5.42. The molecule has 16 heavy (non-hydrogen) atoms. The third-order valence-corrected chi connectivity index (χ3v) is 2.09. The molecule has 6 heteroatoms. The van der Waals surface area contributed by atoms with Gasteiger partial charge in [-0.3, -0.25) is 0 Å². The number of hydrogen-bond donors (Lipinski definition) is 1. The summed E-state index contributed by atoms with van der Waals surface area (Å²) in [6.45, 7) is 0. The smallest absolute Gasteiger partial charge is 0.337 e. The van der Waals surface area contributed by atoms with E-state index in [-0.39, 0.29) is 12.0 Å². The fraction of sp³-hybridized carbons (Fsp3) is 0.200. The average molecular weight is 220 g/mol. The number of nitrogen functional groups attached to an aromatic ring is 1. The van der Waals surface area contributed by atoms with Crippen molar-refractivity contribution >= 4 is 5.95 Å². The molecule has 1 aromatic heterocycles. The van der Waals surface area contributed by atoms with Crippen LogP contribution in [0.3, 0.4) is 0 Å². The molecule has 0 unspecified atom stereocenters. The normalized spacial score (nSPS) is 10.1. The number of nitrogens with zero attached hydrogens (tertiary/aromatic N) is 3. The number of hydrogen-bond acceptors (Lipinski definition) is 5. The van der Waals surface area contributed by atoms with Gasteiger partial charge in [-0.2, -0.15) is 9.67 Å². The lowest BCUT2D eigenvalue weighted by Gasteiger charge is -2.04. The van der Waals surface area contributed by atoms with Crippen LogP contribution >= 0.6 is 0 Å². The number of benzene rings is 1. The van der Waals surface area contributed by atoms with Gasteiger partial charge in [0.15, 0.2) is 0 Å². The van der Waals surface area contributed by atoms with Gasteiger partial charge in [-0.1, -0.05) is 6.07 Å². The predicted octanol–water partition coefficient (Wildman–Crippen LogP) is 0.867. The van der Waals surface area contributed by atoms with E-state index in [2.05, 4.69) is 10.1 Å². The molecule has 6 nitrogen and oxygen atoms in total. The van der Waals surface area contributed by atoms with E-state index in [1.807, 2.05) is 24.3 Å². The molecule has 0 amide bonds. The highest BCUT2D eigenvalue weighted by atomic mass is 16.5. The van der Waals surface area contributed by atoms with Gasteiger partial charge in [-0.15, -0.1) is 5.10 Å². The second-order valence-electron chi connectivity index (χ2n) is 3.07. The molecule has 1 aromatic carbocycles. The van der Waals surface area contributed by atoms with Crippen LogP contribution in [0.5, 0.6) is 11.8 Å². The molecule has 0 atom stereocenters. The van der Waals surface area contributed by atoms with Crippen molar-refractivity contribution in [2.45, 2.75) is 0 Å². The standard InChI is InChI=1S/C10H12N4O2/c1-15-8-5-3-4-7(6-8)14-9(11)12-10(13-14)16-2/h3-6H,1-2H3,(H2,11,12,13). The molecule has 2 rings (SSSR count). The molecule has 0 bridgehead atoms. The van der Waals surface area contributed by atoms with Gasteiger partial charge in [-0.05, 0) is 12.1 Å². The summed E-state index contributed by atoms with van der Waals surface area (Å²) in [5, 5.41) is 4.08. The van der Waals surface area contributed by atoms with E-state index < -0.39 is 0 Å². The maximum absolute atomic E-state index is 5.71. The number of ether oxygens (including phenoxy) is 2. The quantitative estimate of drug-likeness (QED) is 0.830. The Morgan fingerprint density at radius 2 is 2.06 bits per heavy atom. The number of methoxy groups -OCH3 is 2. The number of nitrogens with two attached hydrogens (primary N) is 1. The molecule has 2 aromatic rings. The molecule has 0 aliphatic heterocycles. The lowest BCUT2D eigenvalue weighted by Crippen LogP contribution is -2.02. The van der Waals surface area contributed by atoms with Crippen LogP contribution in [0.4, 0.5) is 5.95 Å². The Morgan fingerprint density at radius 1 is 1.25 bits per heavy atom. The van der Waals surface area contributed by atoms with Crippen LogP contribution in [-0.2, 0) is 0 Å². The van der Waals surface area contributed by atoms with Crippen molar-refractivity contribution in [1.82, 2.24) is 14.8 Å². The lowest BCUT2D eigenvalue weighted by molar-refractivity contribution is 0.379. The molecular weight excluding hydrogens is 208 g/mol. The van der Waals surface area contributed by atoms with Crippen LogP contribution in [0.2, 0.25) is 0 Å². The summed E-state index contributed by atoms with van der Waals surface area (Å²) in [4.78, 5) is 3.93. The van der Waals surface area contributed by atoms with Crippen LogP contribution in [-0.4, -0.2) is 29.0 Å². The molecule has 0 aliphatic carbocycles. The maximum Gasteiger partial charge on any atom is 0.337 e. The Kier molecular flexibility index (Phi) is 2.63. The third-order valence-electron chi connectivity index (χ3n) is 2.09. The van der Waals surface area contributed by atoms with Gasteiger partial charge >= 0.3 is 6.01 Å². The van der Waals surface area contributed by atoms with E-state index in [9.17, 15) is 0 Å². The summed E-state index contributed by atoms with van der Waals surface area (Å²) in [7, 11) is 3.09. The van der Waals surface area contributed by atoms with Gasteiger partial charge in [-0.25, -0.2) is 0 Å². The Morgan fingerprint density at radius 3 is 2.69 bits per heavy atom.